The van der Waals surface area contributed by atoms with E-state index in [-0.39, 0.29) is 18.5 Å². The Hall–Kier alpha value is -1.40. The Morgan fingerprint density at radius 1 is 0.290 bits per heavy atom. The van der Waals surface area contributed by atoms with Crippen molar-refractivity contribution in [3.05, 3.63) is 12.2 Å². The van der Waals surface area contributed by atoms with Gasteiger partial charge in [0.2, 0.25) is 5.91 Å². The maximum atomic E-state index is 12.5. The highest BCUT2D eigenvalue weighted by Gasteiger charge is 2.18. The van der Waals surface area contributed by atoms with Crippen molar-refractivity contribution >= 4 is 11.9 Å². The third kappa shape index (κ3) is 79.5. The third-order valence-corrected chi connectivity index (χ3v) is 20.8. The van der Waals surface area contributed by atoms with Crippen molar-refractivity contribution in [3.63, 3.8) is 0 Å². The third-order valence-electron chi connectivity index (χ3n) is 20.8. The van der Waals surface area contributed by atoms with Gasteiger partial charge in [0.05, 0.1) is 25.4 Å². The molecule has 6 heteroatoms. The molecule has 0 aliphatic heterocycles. The number of amides is 1. The molecule has 2 unspecified atom stereocenters. The van der Waals surface area contributed by atoms with Crippen LogP contribution in [-0.4, -0.2) is 47.4 Å². The molecular formula is C87H171NO5. The average Bonchev–Trinajstić information content (AvgIpc) is 3.77. The maximum Gasteiger partial charge on any atom is 0.305 e. The minimum Gasteiger partial charge on any atom is -0.466 e. The van der Waals surface area contributed by atoms with Crippen LogP contribution in [0.5, 0.6) is 0 Å². The van der Waals surface area contributed by atoms with Gasteiger partial charge in [0.15, 0.2) is 0 Å². The first kappa shape index (κ1) is 91.6. The Kier molecular flexibility index (Phi) is 81.8. The minimum absolute atomic E-state index is 0.0293. The highest BCUT2D eigenvalue weighted by atomic mass is 16.5. The fourth-order valence-electron chi connectivity index (χ4n) is 14.2. The van der Waals surface area contributed by atoms with E-state index in [2.05, 4.69) is 19.2 Å². The Morgan fingerprint density at radius 2 is 0.495 bits per heavy atom. The number of nitrogens with one attached hydrogen (secondary N) is 1. The first-order valence-corrected chi connectivity index (χ1v) is 43.5. The quantitative estimate of drug-likeness (QED) is 0.0320. The molecule has 0 bridgehead atoms. The van der Waals surface area contributed by atoms with E-state index in [4.69, 9.17) is 4.74 Å². The molecule has 0 aromatic heterocycles. The standard InChI is InChI=1S/C87H171NO5/c1-3-5-7-9-11-13-15-17-19-21-22-44-48-51-55-59-63-67-71-75-79-85(90)84(83-89)88-86(91)80-76-72-68-64-60-56-52-49-45-42-40-38-36-34-32-30-28-26-24-23-25-27-29-31-33-35-37-39-41-43-46-50-54-58-62-66-70-74-78-82-93-87(92)81-77-73-69-65-61-57-53-47-20-18-16-14-12-10-8-6-4-2/h75,79,84-85,89-90H,3-74,76-78,80-83H2,1-2H3,(H,88,91)/b79-75+. The van der Waals surface area contributed by atoms with Crippen molar-refractivity contribution in [3.8, 4) is 0 Å². The van der Waals surface area contributed by atoms with E-state index in [0.29, 0.717) is 19.4 Å². The molecule has 0 fully saturated rings. The van der Waals surface area contributed by atoms with Crippen LogP contribution >= 0.6 is 0 Å². The first-order valence-electron chi connectivity index (χ1n) is 43.5. The highest BCUT2D eigenvalue weighted by Crippen LogP contribution is 2.21. The van der Waals surface area contributed by atoms with Gasteiger partial charge < -0.3 is 20.3 Å². The lowest BCUT2D eigenvalue weighted by Gasteiger charge is -2.20. The van der Waals surface area contributed by atoms with Gasteiger partial charge in [0.1, 0.15) is 0 Å². The monoisotopic (exact) mass is 1310 g/mol. The Balaban J connectivity index is 3.30. The van der Waals surface area contributed by atoms with Gasteiger partial charge in [-0.25, -0.2) is 0 Å². The molecule has 0 aliphatic carbocycles. The topological polar surface area (TPSA) is 95.9 Å². The van der Waals surface area contributed by atoms with Crippen molar-refractivity contribution in [1.29, 1.82) is 0 Å². The fraction of sp³-hybridized carbons (Fsp3) is 0.954. The molecule has 1 amide bonds. The van der Waals surface area contributed by atoms with E-state index in [0.717, 1.165) is 38.5 Å². The number of hydrogen-bond acceptors (Lipinski definition) is 5. The normalized spacial score (nSPS) is 12.4. The molecule has 0 heterocycles. The van der Waals surface area contributed by atoms with Gasteiger partial charge in [-0.05, 0) is 32.1 Å². The summed E-state index contributed by atoms with van der Waals surface area (Å²) in [6.07, 6.45) is 107. The lowest BCUT2D eigenvalue weighted by molar-refractivity contribution is -0.143. The maximum absolute atomic E-state index is 12.5. The lowest BCUT2D eigenvalue weighted by Crippen LogP contribution is -2.45. The molecule has 93 heavy (non-hydrogen) atoms. The van der Waals surface area contributed by atoms with Gasteiger partial charge in [-0.3, -0.25) is 9.59 Å². The lowest BCUT2D eigenvalue weighted by atomic mass is 10.0. The van der Waals surface area contributed by atoms with Crippen LogP contribution in [0.15, 0.2) is 12.2 Å². The first-order chi connectivity index (χ1) is 46.0. The van der Waals surface area contributed by atoms with Crippen molar-refractivity contribution in [2.75, 3.05) is 13.2 Å². The predicted octanol–water partition coefficient (Wildman–Crippen LogP) is 29.0. The summed E-state index contributed by atoms with van der Waals surface area (Å²) in [7, 11) is 0. The number of unbranched alkanes of at least 4 members (excludes halogenated alkanes) is 72. The summed E-state index contributed by atoms with van der Waals surface area (Å²) in [5.41, 5.74) is 0. The Bertz CT molecular complexity index is 1420. The van der Waals surface area contributed by atoms with E-state index in [1.54, 1.807) is 6.08 Å². The largest absolute Gasteiger partial charge is 0.466 e. The molecule has 0 aromatic carbocycles. The van der Waals surface area contributed by atoms with E-state index >= 15 is 0 Å². The number of carbonyl (C=O) groups is 2. The second kappa shape index (κ2) is 83.0. The number of ether oxygens (including phenoxy) is 1. The summed E-state index contributed by atoms with van der Waals surface area (Å²) in [4.78, 5) is 24.7. The molecule has 0 rings (SSSR count). The van der Waals surface area contributed by atoms with Gasteiger partial charge in [-0.2, -0.15) is 0 Å². The number of aliphatic hydroxyl groups excluding tert-OH is 2. The summed E-state index contributed by atoms with van der Waals surface area (Å²) in [5, 5.41) is 23.3. The molecule has 2 atom stereocenters. The number of rotatable bonds is 83. The molecule has 0 saturated heterocycles. The molecule has 0 aromatic rings. The zero-order valence-electron chi connectivity index (χ0n) is 63.8. The van der Waals surface area contributed by atoms with Crippen LogP contribution in [0.3, 0.4) is 0 Å². The van der Waals surface area contributed by atoms with Crippen LogP contribution in [0.1, 0.15) is 508 Å². The fourth-order valence-corrected chi connectivity index (χ4v) is 14.2. The van der Waals surface area contributed by atoms with Crippen LogP contribution in [-0.2, 0) is 14.3 Å². The Labute approximate surface area is 584 Å². The van der Waals surface area contributed by atoms with E-state index in [1.165, 1.54) is 443 Å². The molecule has 0 aliphatic rings. The van der Waals surface area contributed by atoms with Crippen LogP contribution in [0.25, 0.3) is 0 Å². The Morgan fingerprint density at radius 3 is 0.731 bits per heavy atom. The highest BCUT2D eigenvalue weighted by molar-refractivity contribution is 5.76. The van der Waals surface area contributed by atoms with Gasteiger partial charge in [0.25, 0.3) is 0 Å². The number of esters is 1. The molecule has 0 radical (unpaired) electrons. The second-order valence-electron chi connectivity index (χ2n) is 30.2. The zero-order chi connectivity index (χ0) is 67.0. The molecule has 0 spiro atoms. The van der Waals surface area contributed by atoms with Crippen LogP contribution in [0, 0.1) is 0 Å². The van der Waals surface area contributed by atoms with Crippen molar-refractivity contribution in [1.82, 2.24) is 5.32 Å². The van der Waals surface area contributed by atoms with E-state index < -0.39 is 12.1 Å². The van der Waals surface area contributed by atoms with Crippen LogP contribution < -0.4 is 5.32 Å². The minimum atomic E-state index is -0.841. The predicted molar refractivity (Wildman–Crippen MR) is 412 cm³/mol. The summed E-state index contributed by atoms with van der Waals surface area (Å²) in [5.74, 6) is -0.0272. The van der Waals surface area contributed by atoms with Crippen molar-refractivity contribution in [2.45, 2.75) is 520 Å². The SMILES string of the molecule is CCCCCCCCCCCCCCCCCCCC/C=C/C(O)C(CO)NC(=O)CCCCCCCCCCCCCCCCCCCCCCCCCCCCCCCCCCCCCCCCCOC(=O)CCCCCCCCCCCCCCCCCCC. The molecule has 554 valence electrons. The van der Waals surface area contributed by atoms with E-state index in [1.807, 2.05) is 6.08 Å². The van der Waals surface area contributed by atoms with Crippen molar-refractivity contribution in [2.24, 2.45) is 0 Å². The van der Waals surface area contributed by atoms with E-state index in [9.17, 15) is 19.8 Å². The van der Waals surface area contributed by atoms with Gasteiger partial charge in [-0.15, -0.1) is 0 Å². The van der Waals surface area contributed by atoms with Gasteiger partial charge >= 0.3 is 5.97 Å². The van der Waals surface area contributed by atoms with Crippen LogP contribution in [0.2, 0.25) is 0 Å². The number of hydrogen-bond donors (Lipinski definition) is 3. The summed E-state index contributed by atoms with van der Waals surface area (Å²) in [6, 6.07) is -0.623. The smallest absolute Gasteiger partial charge is 0.305 e. The molecule has 3 N–H and O–H groups in total. The average molecular weight is 1310 g/mol. The number of aliphatic hydroxyl groups is 2. The molecule has 6 nitrogen and oxygen atoms in total. The van der Waals surface area contributed by atoms with Crippen LogP contribution in [0.4, 0.5) is 0 Å². The second-order valence-corrected chi connectivity index (χ2v) is 30.2. The van der Waals surface area contributed by atoms with Crippen molar-refractivity contribution < 1.29 is 24.5 Å². The number of carbonyl (C=O) groups excluding carboxylic acids is 2. The number of allylic oxidation sites excluding steroid dienone is 1. The summed E-state index contributed by atoms with van der Waals surface area (Å²) < 4.78 is 5.52. The summed E-state index contributed by atoms with van der Waals surface area (Å²) in [6.45, 7) is 4.98. The van der Waals surface area contributed by atoms with Gasteiger partial charge in [0, 0.05) is 12.8 Å². The molecular weight excluding hydrogens is 1140 g/mol. The zero-order valence-corrected chi connectivity index (χ0v) is 63.8. The van der Waals surface area contributed by atoms with Gasteiger partial charge in [-0.1, -0.05) is 475 Å². The molecule has 0 saturated carbocycles. The summed E-state index contributed by atoms with van der Waals surface area (Å²) >= 11 is 0.